The van der Waals surface area contributed by atoms with Gasteiger partial charge < -0.3 is 15.4 Å². The predicted molar refractivity (Wildman–Crippen MR) is 81.3 cm³/mol. The van der Waals surface area contributed by atoms with Gasteiger partial charge in [-0.15, -0.1) is 0 Å². The Hall–Kier alpha value is -2.08. The first-order valence-electron chi connectivity index (χ1n) is 7.01. The molecule has 2 amide bonds. The van der Waals surface area contributed by atoms with Crippen LogP contribution in [0.15, 0.2) is 24.3 Å². The fraction of sp³-hybridized carbons (Fsp3) is 0.467. The molecule has 0 bridgehead atoms. The molecule has 0 aromatic heterocycles. The first-order chi connectivity index (χ1) is 10.0. The maximum absolute atomic E-state index is 12.4. The molecule has 1 aliphatic heterocycles. The normalized spacial score (nSPS) is 16.9. The lowest BCUT2D eigenvalue weighted by molar-refractivity contribution is -0.126. The summed E-state index contributed by atoms with van der Waals surface area (Å²) in [5.41, 5.74) is 1.01. The van der Waals surface area contributed by atoms with Gasteiger partial charge in [0.05, 0.1) is 7.11 Å². The van der Waals surface area contributed by atoms with Gasteiger partial charge >= 0.3 is 6.09 Å². The van der Waals surface area contributed by atoms with E-state index in [2.05, 4.69) is 20.7 Å². The Morgan fingerprint density at radius 1 is 1.10 bits per heavy atom. The minimum atomic E-state index is -0.519. The number of nitrogens with one attached hydrogen (secondary N) is 3. The summed E-state index contributed by atoms with van der Waals surface area (Å²) in [6.07, 6.45) is 1.15. The van der Waals surface area contributed by atoms with Crippen molar-refractivity contribution in [2.24, 2.45) is 5.41 Å². The SMILES string of the molecule is COC(=O)Nc1ccc(NC(=O)C2(C)CCNCC2)cc1. The van der Waals surface area contributed by atoms with E-state index in [9.17, 15) is 9.59 Å². The van der Waals surface area contributed by atoms with E-state index in [4.69, 9.17) is 0 Å². The minimum absolute atomic E-state index is 0.0395. The Labute approximate surface area is 124 Å². The molecule has 1 saturated heterocycles. The van der Waals surface area contributed by atoms with Crippen LogP contribution in [-0.4, -0.2) is 32.2 Å². The fourth-order valence-corrected chi connectivity index (χ4v) is 2.29. The standard InChI is InChI=1S/C15H21N3O3/c1-15(7-9-16-10-8-15)13(19)17-11-3-5-12(6-4-11)18-14(20)21-2/h3-6,16H,7-10H2,1-2H3,(H,17,19)(H,18,20). The first-order valence-corrected chi connectivity index (χ1v) is 7.01. The molecule has 21 heavy (non-hydrogen) atoms. The zero-order chi connectivity index (χ0) is 15.3. The van der Waals surface area contributed by atoms with Crippen LogP contribution in [0.4, 0.5) is 16.2 Å². The highest BCUT2D eigenvalue weighted by Gasteiger charge is 2.34. The average molecular weight is 291 g/mol. The number of piperidine rings is 1. The minimum Gasteiger partial charge on any atom is -0.453 e. The molecule has 0 aliphatic carbocycles. The lowest BCUT2D eigenvalue weighted by Gasteiger charge is -2.32. The third-order valence-corrected chi connectivity index (χ3v) is 3.83. The number of hydrogen-bond acceptors (Lipinski definition) is 4. The van der Waals surface area contributed by atoms with Gasteiger partial charge in [0, 0.05) is 16.8 Å². The number of hydrogen-bond donors (Lipinski definition) is 3. The summed E-state index contributed by atoms with van der Waals surface area (Å²) in [7, 11) is 1.31. The number of rotatable bonds is 3. The average Bonchev–Trinajstić information content (AvgIpc) is 2.50. The summed E-state index contributed by atoms with van der Waals surface area (Å²) in [5, 5.41) is 8.75. The molecule has 0 spiro atoms. The smallest absolute Gasteiger partial charge is 0.411 e. The van der Waals surface area contributed by atoms with Crippen LogP contribution in [0, 0.1) is 5.41 Å². The Balaban J connectivity index is 1.96. The molecule has 0 saturated carbocycles. The molecular formula is C15H21N3O3. The molecule has 3 N–H and O–H groups in total. The molecule has 0 unspecified atom stereocenters. The quantitative estimate of drug-likeness (QED) is 0.797. The van der Waals surface area contributed by atoms with Crippen LogP contribution in [-0.2, 0) is 9.53 Å². The maximum atomic E-state index is 12.4. The number of methoxy groups -OCH3 is 1. The highest BCUT2D eigenvalue weighted by molar-refractivity contribution is 5.95. The van der Waals surface area contributed by atoms with E-state index < -0.39 is 6.09 Å². The molecule has 1 fully saturated rings. The van der Waals surface area contributed by atoms with Crippen LogP contribution in [0.5, 0.6) is 0 Å². The largest absolute Gasteiger partial charge is 0.453 e. The summed E-state index contributed by atoms with van der Waals surface area (Å²) in [6.45, 7) is 3.73. The molecule has 1 aromatic rings. The van der Waals surface area contributed by atoms with Gasteiger partial charge in [-0.1, -0.05) is 6.92 Å². The van der Waals surface area contributed by atoms with Gasteiger partial charge in [-0.2, -0.15) is 0 Å². The van der Waals surface area contributed by atoms with Crippen LogP contribution < -0.4 is 16.0 Å². The van der Waals surface area contributed by atoms with Gasteiger partial charge in [-0.25, -0.2) is 4.79 Å². The summed E-state index contributed by atoms with van der Waals surface area (Å²) in [4.78, 5) is 23.5. The van der Waals surface area contributed by atoms with Gasteiger partial charge in [-0.3, -0.25) is 10.1 Å². The Morgan fingerprint density at radius 2 is 1.62 bits per heavy atom. The molecule has 6 heteroatoms. The summed E-state index contributed by atoms with van der Waals surface area (Å²) in [6, 6.07) is 6.95. The van der Waals surface area contributed by atoms with Crippen molar-refractivity contribution < 1.29 is 14.3 Å². The van der Waals surface area contributed by atoms with Gasteiger partial charge in [0.2, 0.25) is 5.91 Å². The van der Waals surface area contributed by atoms with Gasteiger partial charge in [0.15, 0.2) is 0 Å². The molecule has 1 heterocycles. The topological polar surface area (TPSA) is 79.5 Å². The number of carbonyl (C=O) groups is 2. The van der Waals surface area contributed by atoms with Crippen LogP contribution >= 0.6 is 0 Å². The lowest BCUT2D eigenvalue weighted by Crippen LogP contribution is -2.42. The maximum Gasteiger partial charge on any atom is 0.411 e. The monoisotopic (exact) mass is 291 g/mol. The highest BCUT2D eigenvalue weighted by atomic mass is 16.5. The van der Waals surface area contributed by atoms with Crippen molar-refractivity contribution in [1.29, 1.82) is 0 Å². The second-order valence-electron chi connectivity index (χ2n) is 5.46. The zero-order valence-corrected chi connectivity index (χ0v) is 12.4. The number of benzene rings is 1. The molecule has 6 nitrogen and oxygen atoms in total. The number of amides is 2. The Morgan fingerprint density at radius 3 is 2.14 bits per heavy atom. The zero-order valence-electron chi connectivity index (χ0n) is 12.4. The van der Waals surface area contributed by atoms with Crippen LogP contribution in [0.2, 0.25) is 0 Å². The van der Waals surface area contributed by atoms with Crippen LogP contribution in [0.3, 0.4) is 0 Å². The third-order valence-electron chi connectivity index (χ3n) is 3.83. The second kappa shape index (κ2) is 6.58. The van der Waals surface area contributed by atoms with E-state index in [1.807, 2.05) is 6.92 Å². The lowest BCUT2D eigenvalue weighted by atomic mass is 9.80. The fourth-order valence-electron chi connectivity index (χ4n) is 2.29. The summed E-state index contributed by atoms with van der Waals surface area (Å²) in [5.74, 6) is 0.0395. The number of anilines is 2. The van der Waals surface area contributed by atoms with Crippen molar-refractivity contribution in [1.82, 2.24) is 5.32 Å². The van der Waals surface area contributed by atoms with E-state index in [0.29, 0.717) is 5.69 Å². The predicted octanol–water partition coefficient (Wildman–Crippen LogP) is 2.19. The summed E-state index contributed by atoms with van der Waals surface area (Å²) < 4.78 is 4.52. The van der Waals surface area contributed by atoms with Crippen LogP contribution in [0.1, 0.15) is 19.8 Å². The van der Waals surface area contributed by atoms with Crippen molar-refractivity contribution in [2.75, 3.05) is 30.8 Å². The Bertz CT molecular complexity index is 507. The molecule has 1 aliphatic rings. The highest BCUT2D eigenvalue weighted by Crippen LogP contribution is 2.29. The third kappa shape index (κ3) is 3.95. The first kappa shape index (κ1) is 15.3. The summed E-state index contributed by atoms with van der Waals surface area (Å²) >= 11 is 0. The molecular weight excluding hydrogens is 270 g/mol. The van der Waals surface area contributed by atoms with Gasteiger partial charge in [0.25, 0.3) is 0 Å². The number of carbonyl (C=O) groups excluding carboxylic acids is 2. The van der Waals surface area contributed by atoms with E-state index in [0.717, 1.165) is 31.6 Å². The van der Waals surface area contributed by atoms with Crippen molar-refractivity contribution in [2.45, 2.75) is 19.8 Å². The van der Waals surface area contributed by atoms with Crippen molar-refractivity contribution in [3.63, 3.8) is 0 Å². The van der Waals surface area contributed by atoms with Crippen LogP contribution in [0.25, 0.3) is 0 Å². The van der Waals surface area contributed by atoms with Gasteiger partial charge in [-0.05, 0) is 50.2 Å². The van der Waals surface area contributed by atoms with Crippen molar-refractivity contribution in [3.05, 3.63) is 24.3 Å². The second-order valence-corrected chi connectivity index (χ2v) is 5.46. The van der Waals surface area contributed by atoms with Crippen molar-refractivity contribution >= 4 is 23.4 Å². The molecule has 1 aromatic carbocycles. The number of ether oxygens (including phenoxy) is 1. The van der Waals surface area contributed by atoms with E-state index in [1.54, 1.807) is 24.3 Å². The van der Waals surface area contributed by atoms with E-state index >= 15 is 0 Å². The Kier molecular flexibility index (Phi) is 4.80. The molecule has 0 radical (unpaired) electrons. The van der Waals surface area contributed by atoms with E-state index in [-0.39, 0.29) is 11.3 Å². The molecule has 2 rings (SSSR count). The van der Waals surface area contributed by atoms with Gasteiger partial charge in [0.1, 0.15) is 0 Å². The van der Waals surface area contributed by atoms with E-state index in [1.165, 1.54) is 7.11 Å². The molecule has 0 atom stereocenters. The molecule has 114 valence electrons. The van der Waals surface area contributed by atoms with Crippen molar-refractivity contribution in [3.8, 4) is 0 Å².